The molecule has 0 unspecified atom stereocenters. The summed E-state index contributed by atoms with van der Waals surface area (Å²) >= 11 is 0. The highest BCUT2D eigenvalue weighted by atomic mass is 16.4. The van der Waals surface area contributed by atoms with E-state index in [-0.39, 0.29) is 17.9 Å². The van der Waals surface area contributed by atoms with Gasteiger partial charge in [0.2, 0.25) is 0 Å². The van der Waals surface area contributed by atoms with Crippen LogP contribution in [0.5, 0.6) is 11.5 Å². The molecule has 0 saturated heterocycles. The Morgan fingerprint density at radius 1 is 1.16 bits per heavy atom. The fourth-order valence-electron chi connectivity index (χ4n) is 2.81. The summed E-state index contributed by atoms with van der Waals surface area (Å²) in [7, 11) is 0. The van der Waals surface area contributed by atoms with Gasteiger partial charge in [0.25, 0.3) is 0 Å². The molecule has 4 heteroatoms. The maximum absolute atomic E-state index is 11.0. The number of aromatic hydroxyl groups is 2. The lowest BCUT2D eigenvalue weighted by molar-refractivity contribution is -0.137. The average molecular weight is 258 g/mol. The molecule has 1 aliphatic carbocycles. The van der Waals surface area contributed by atoms with E-state index >= 15 is 0 Å². The number of phenols is 2. The molecule has 0 aliphatic heterocycles. The van der Waals surface area contributed by atoms with Crippen LogP contribution in [-0.2, 0) is 10.2 Å². The SMILES string of the molecule is O=C(O)CC1(c2c(O)ccc3ccc(O)cc23)CC1. The minimum Gasteiger partial charge on any atom is -0.508 e. The minimum absolute atomic E-state index is 0.00926. The van der Waals surface area contributed by atoms with E-state index in [1.807, 2.05) is 0 Å². The highest BCUT2D eigenvalue weighted by Crippen LogP contribution is 2.55. The van der Waals surface area contributed by atoms with Gasteiger partial charge in [-0.1, -0.05) is 12.1 Å². The van der Waals surface area contributed by atoms with E-state index in [1.165, 1.54) is 0 Å². The number of rotatable bonds is 3. The van der Waals surface area contributed by atoms with Gasteiger partial charge >= 0.3 is 5.97 Å². The monoisotopic (exact) mass is 258 g/mol. The molecule has 0 amide bonds. The van der Waals surface area contributed by atoms with Gasteiger partial charge in [-0.05, 0) is 41.8 Å². The Morgan fingerprint density at radius 2 is 1.84 bits per heavy atom. The largest absolute Gasteiger partial charge is 0.508 e. The molecule has 0 aromatic heterocycles. The van der Waals surface area contributed by atoms with E-state index in [2.05, 4.69) is 0 Å². The van der Waals surface area contributed by atoms with Crippen LogP contribution in [0.1, 0.15) is 24.8 Å². The van der Waals surface area contributed by atoms with Gasteiger partial charge in [0.1, 0.15) is 11.5 Å². The maximum atomic E-state index is 11.0. The van der Waals surface area contributed by atoms with Gasteiger partial charge in [0.05, 0.1) is 6.42 Å². The second kappa shape index (κ2) is 3.88. The first-order valence-electron chi connectivity index (χ1n) is 6.19. The number of aliphatic carboxylic acids is 1. The van der Waals surface area contributed by atoms with Crippen LogP contribution in [0.4, 0.5) is 0 Å². The van der Waals surface area contributed by atoms with E-state index in [1.54, 1.807) is 30.3 Å². The van der Waals surface area contributed by atoms with E-state index in [0.717, 1.165) is 23.6 Å². The lowest BCUT2D eigenvalue weighted by atomic mass is 9.87. The zero-order chi connectivity index (χ0) is 13.6. The Morgan fingerprint density at radius 3 is 2.47 bits per heavy atom. The molecule has 3 rings (SSSR count). The molecule has 0 radical (unpaired) electrons. The van der Waals surface area contributed by atoms with Crippen LogP contribution in [0, 0.1) is 0 Å². The van der Waals surface area contributed by atoms with Crippen LogP contribution in [-0.4, -0.2) is 21.3 Å². The summed E-state index contributed by atoms with van der Waals surface area (Å²) in [5.41, 5.74) is 0.173. The van der Waals surface area contributed by atoms with E-state index in [0.29, 0.717) is 5.56 Å². The molecule has 2 aromatic carbocycles. The quantitative estimate of drug-likeness (QED) is 0.791. The first-order valence-corrected chi connectivity index (χ1v) is 6.19. The zero-order valence-electron chi connectivity index (χ0n) is 10.3. The molecule has 4 nitrogen and oxygen atoms in total. The Balaban J connectivity index is 2.25. The van der Waals surface area contributed by atoms with Crippen molar-refractivity contribution >= 4 is 16.7 Å². The Bertz CT molecular complexity index is 666. The van der Waals surface area contributed by atoms with Crippen molar-refractivity contribution in [1.29, 1.82) is 0 Å². The van der Waals surface area contributed by atoms with Crippen LogP contribution in [0.25, 0.3) is 10.8 Å². The van der Waals surface area contributed by atoms with Gasteiger partial charge in [-0.15, -0.1) is 0 Å². The molecule has 2 aromatic rings. The second-order valence-electron chi connectivity index (χ2n) is 5.22. The van der Waals surface area contributed by atoms with E-state index in [9.17, 15) is 15.0 Å². The van der Waals surface area contributed by atoms with E-state index < -0.39 is 11.4 Å². The number of carboxylic acid groups (broad SMARTS) is 1. The summed E-state index contributed by atoms with van der Waals surface area (Å²) < 4.78 is 0. The van der Waals surface area contributed by atoms with E-state index in [4.69, 9.17) is 5.11 Å². The van der Waals surface area contributed by atoms with Gasteiger partial charge in [0, 0.05) is 11.0 Å². The molecule has 1 aliphatic rings. The summed E-state index contributed by atoms with van der Waals surface area (Å²) in [4.78, 5) is 11.0. The molecule has 1 saturated carbocycles. The molecule has 1 fully saturated rings. The zero-order valence-corrected chi connectivity index (χ0v) is 10.3. The normalized spacial score (nSPS) is 16.4. The van der Waals surface area contributed by atoms with Crippen molar-refractivity contribution in [2.75, 3.05) is 0 Å². The number of carbonyl (C=O) groups is 1. The Hall–Kier alpha value is -2.23. The van der Waals surface area contributed by atoms with Crippen LogP contribution in [0.2, 0.25) is 0 Å². The van der Waals surface area contributed by atoms with Crippen molar-refractivity contribution in [1.82, 2.24) is 0 Å². The van der Waals surface area contributed by atoms with Crippen molar-refractivity contribution in [2.45, 2.75) is 24.7 Å². The van der Waals surface area contributed by atoms with Crippen molar-refractivity contribution in [2.24, 2.45) is 0 Å². The summed E-state index contributed by atoms with van der Waals surface area (Å²) in [5.74, 6) is -0.642. The van der Waals surface area contributed by atoms with Gasteiger partial charge in [-0.2, -0.15) is 0 Å². The summed E-state index contributed by atoms with van der Waals surface area (Å²) in [6.07, 6.45) is 1.51. The Kier molecular flexibility index (Phi) is 2.42. The fourth-order valence-corrected chi connectivity index (χ4v) is 2.81. The lowest BCUT2D eigenvalue weighted by Gasteiger charge is -2.18. The van der Waals surface area contributed by atoms with Gasteiger partial charge in [-0.25, -0.2) is 0 Å². The van der Waals surface area contributed by atoms with Crippen molar-refractivity contribution in [3.63, 3.8) is 0 Å². The average Bonchev–Trinajstić information content (AvgIpc) is 3.07. The molecule has 19 heavy (non-hydrogen) atoms. The molecular weight excluding hydrogens is 244 g/mol. The van der Waals surface area contributed by atoms with Gasteiger partial charge < -0.3 is 15.3 Å². The highest BCUT2D eigenvalue weighted by molar-refractivity contribution is 5.91. The fraction of sp³-hybridized carbons (Fsp3) is 0.267. The van der Waals surface area contributed by atoms with Crippen LogP contribution in [0.3, 0.4) is 0 Å². The first kappa shape index (κ1) is 11.8. The molecule has 0 spiro atoms. The van der Waals surface area contributed by atoms with Crippen molar-refractivity contribution in [3.05, 3.63) is 35.9 Å². The third kappa shape index (κ3) is 1.89. The number of hydrogen-bond acceptors (Lipinski definition) is 3. The predicted molar refractivity (Wildman–Crippen MR) is 70.4 cm³/mol. The van der Waals surface area contributed by atoms with Gasteiger partial charge in [-0.3, -0.25) is 4.79 Å². The number of hydrogen-bond donors (Lipinski definition) is 3. The molecule has 0 heterocycles. The number of fused-ring (bicyclic) bond motifs is 1. The number of carboxylic acids is 1. The van der Waals surface area contributed by atoms with Crippen LogP contribution in [0.15, 0.2) is 30.3 Å². The summed E-state index contributed by atoms with van der Waals surface area (Å²) in [6, 6.07) is 8.30. The van der Waals surface area contributed by atoms with Crippen LogP contribution >= 0.6 is 0 Å². The topological polar surface area (TPSA) is 77.8 Å². The third-order valence-corrected chi connectivity index (χ3v) is 3.86. The smallest absolute Gasteiger partial charge is 0.304 e. The molecule has 98 valence electrons. The van der Waals surface area contributed by atoms with Crippen LogP contribution < -0.4 is 0 Å². The Labute approximate surface area is 109 Å². The lowest BCUT2D eigenvalue weighted by Crippen LogP contribution is -2.13. The second-order valence-corrected chi connectivity index (χ2v) is 5.22. The first-order chi connectivity index (χ1) is 9.02. The molecular formula is C15H14O4. The molecule has 3 N–H and O–H groups in total. The minimum atomic E-state index is -0.867. The van der Waals surface area contributed by atoms with Gasteiger partial charge in [0.15, 0.2) is 0 Å². The summed E-state index contributed by atoms with van der Waals surface area (Å²) in [5, 5.41) is 30.4. The molecule has 0 bridgehead atoms. The third-order valence-electron chi connectivity index (χ3n) is 3.86. The number of benzene rings is 2. The van der Waals surface area contributed by atoms with Crippen molar-refractivity contribution in [3.8, 4) is 11.5 Å². The number of phenolic OH excluding ortho intramolecular Hbond substituents is 2. The van der Waals surface area contributed by atoms with Crippen molar-refractivity contribution < 1.29 is 20.1 Å². The standard InChI is InChI=1S/C15H14O4/c16-10-3-1-9-2-4-12(17)14(11(9)7-10)15(5-6-15)8-13(18)19/h1-4,7,16-17H,5-6,8H2,(H,18,19). The summed E-state index contributed by atoms with van der Waals surface area (Å²) in [6.45, 7) is 0. The predicted octanol–water partition coefficient (Wildman–Crippen LogP) is 2.76. The maximum Gasteiger partial charge on any atom is 0.304 e. The highest BCUT2D eigenvalue weighted by Gasteiger charge is 2.48. The molecule has 0 atom stereocenters.